The third kappa shape index (κ3) is 2.63. The number of hydrogen-bond donors (Lipinski definition) is 0. The highest BCUT2D eigenvalue weighted by Gasteiger charge is 2.09. The van der Waals surface area contributed by atoms with Crippen molar-refractivity contribution in [1.82, 2.24) is 0 Å². The molecule has 76 valence electrons. The highest BCUT2D eigenvalue weighted by Crippen LogP contribution is 2.20. The summed E-state index contributed by atoms with van der Waals surface area (Å²) in [6.45, 7) is 1.83. The number of halogens is 2. The van der Waals surface area contributed by atoms with Crippen molar-refractivity contribution in [3.63, 3.8) is 0 Å². The quantitative estimate of drug-likeness (QED) is 0.741. The van der Waals surface area contributed by atoms with E-state index in [2.05, 4.69) is 0 Å². The van der Waals surface area contributed by atoms with Crippen molar-refractivity contribution >= 4 is 29.2 Å². The Hall–Kier alpha value is -0.730. The standard InChI is InChI=1S/C10H10Cl2O2/c1-6-7(3-2-4-8(6)11)5-9(12)10(13)14/h2-4,9H,5H2,1H3,(H,13,14)/p-1. The summed E-state index contributed by atoms with van der Waals surface area (Å²) >= 11 is 11.4. The Morgan fingerprint density at radius 2 is 2.21 bits per heavy atom. The van der Waals surface area contributed by atoms with Gasteiger partial charge in [0.05, 0.1) is 11.3 Å². The van der Waals surface area contributed by atoms with Crippen molar-refractivity contribution in [3.8, 4) is 0 Å². The third-order valence-corrected chi connectivity index (χ3v) is 2.78. The smallest absolute Gasteiger partial charge is 0.0771 e. The topological polar surface area (TPSA) is 40.1 Å². The molecule has 0 saturated carbocycles. The summed E-state index contributed by atoms with van der Waals surface area (Å²) in [7, 11) is 0. The number of carbonyl (C=O) groups excluding carboxylic acids is 1. The Morgan fingerprint density at radius 1 is 1.57 bits per heavy atom. The Labute approximate surface area is 92.5 Å². The number of rotatable bonds is 3. The summed E-state index contributed by atoms with van der Waals surface area (Å²) in [5, 5.41) is 10.0. The van der Waals surface area contributed by atoms with Gasteiger partial charge in [-0.05, 0) is 30.5 Å². The number of carboxylic acid groups (broad SMARTS) is 1. The SMILES string of the molecule is Cc1c(Cl)cccc1CC(Cl)C(=O)[O-]. The molecule has 0 aliphatic rings. The second kappa shape index (κ2) is 4.67. The number of alkyl halides is 1. The number of hydrogen-bond acceptors (Lipinski definition) is 2. The van der Waals surface area contributed by atoms with Crippen molar-refractivity contribution in [2.24, 2.45) is 0 Å². The summed E-state index contributed by atoms with van der Waals surface area (Å²) in [6.07, 6.45) is 0.232. The molecule has 0 fully saturated rings. The summed E-state index contributed by atoms with van der Waals surface area (Å²) in [4.78, 5) is 10.4. The average molecular weight is 232 g/mol. The predicted molar refractivity (Wildman–Crippen MR) is 54.5 cm³/mol. The molecule has 0 spiro atoms. The normalized spacial score (nSPS) is 12.5. The third-order valence-electron chi connectivity index (χ3n) is 2.03. The molecule has 0 amide bonds. The average Bonchev–Trinajstić information content (AvgIpc) is 2.12. The van der Waals surface area contributed by atoms with E-state index in [9.17, 15) is 9.90 Å². The molecule has 0 heterocycles. The molecule has 0 bridgehead atoms. The Bertz CT molecular complexity index is 350. The lowest BCUT2D eigenvalue weighted by molar-refractivity contribution is -0.305. The summed E-state index contributed by atoms with van der Waals surface area (Å²) < 4.78 is 0. The van der Waals surface area contributed by atoms with Crippen LogP contribution in [0.25, 0.3) is 0 Å². The minimum atomic E-state index is -1.26. The van der Waals surface area contributed by atoms with Gasteiger partial charge in [0.2, 0.25) is 0 Å². The molecule has 1 atom stereocenters. The van der Waals surface area contributed by atoms with Crippen molar-refractivity contribution in [3.05, 3.63) is 34.3 Å². The molecule has 14 heavy (non-hydrogen) atoms. The van der Waals surface area contributed by atoms with Crippen LogP contribution in [0.2, 0.25) is 5.02 Å². The van der Waals surface area contributed by atoms with E-state index in [0.29, 0.717) is 5.02 Å². The summed E-state index contributed by atoms with van der Waals surface area (Å²) in [6, 6.07) is 5.33. The second-order valence-electron chi connectivity index (χ2n) is 3.01. The van der Waals surface area contributed by atoms with Gasteiger partial charge in [-0.15, -0.1) is 11.6 Å². The van der Waals surface area contributed by atoms with Gasteiger partial charge in [-0.1, -0.05) is 23.7 Å². The fourth-order valence-corrected chi connectivity index (χ4v) is 1.51. The molecule has 1 rings (SSSR count). The maximum Gasteiger partial charge on any atom is 0.0771 e. The van der Waals surface area contributed by atoms with E-state index in [0.717, 1.165) is 11.1 Å². The maximum atomic E-state index is 10.4. The molecule has 1 aromatic rings. The fourth-order valence-electron chi connectivity index (χ4n) is 1.15. The first-order valence-corrected chi connectivity index (χ1v) is 4.92. The van der Waals surface area contributed by atoms with Crippen molar-refractivity contribution in [2.45, 2.75) is 18.7 Å². The van der Waals surface area contributed by atoms with Gasteiger partial charge < -0.3 is 9.90 Å². The van der Waals surface area contributed by atoms with E-state index in [-0.39, 0.29) is 6.42 Å². The van der Waals surface area contributed by atoms with Gasteiger partial charge in [0.15, 0.2) is 0 Å². The largest absolute Gasteiger partial charge is 0.549 e. The van der Waals surface area contributed by atoms with Crippen LogP contribution >= 0.6 is 23.2 Å². The highest BCUT2D eigenvalue weighted by atomic mass is 35.5. The lowest BCUT2D eigenvalue weighted by atomic mass is 10.0. The molecular weight excluding hydrogens is 223 g/mol. The number of carbonyl (C=O) groups is 1. The lowest BCUT2D eigenvalue weighted by Crippen LogP contribution is -2.33. The Balaban J connectivity index is 2.87. The van der Waals surface area contributed by atoms with Crippen LogP contribution in [0.3, 0.4) is 0 Å². The van der Waals surface area contributed by atoms with Gasteiger partial charge in [-0.3, -0.25) is 0 Å². The number of carboxylic acids is 1. The van der Waals surface area contributed by atoms with Gasteiger partial charge in [-0.25, -0.2) is 0 Å². The van der Waals surface area contributed by atoms with Crippen LogP contribution in [-0.4, -0.2) is 11.3 Å². The lowest BCUT2D eigenvalue weighted by Gasteiger charge is -2.12. The van der Waals surface area contributed by atoms with Crippen molar-refractivity contribution < 1.29 is 9.90 Å². The van der Waals surface area contributed by atoms with Gasteiger partial charge >= 0.3 is 0 Å². The van der Waals surface area contributed by atoms with E-state index in [1.807, 2.05) is 6.92 Å². The number of aliphatic carboxylic acids is 1. The molecule has 0 N–H and O–H groups in total. The maximum absolute atomic E-state index is 10.4. The highest BCUT2D eigenvalue weighted by molar-refractivity contribution is 6.31. The zero-order valence-electron chi connectivity index (χ0n) is 7.59. The molecule has 0 saturated heterocycles. The first-order valence-electron chi connectivity index (χ1n) is 4.11. The van der Waals surface area contributed by atoms with Crippen molar-refractivity contribution in [2.75, 3.05) is 0 Å². The fraction of sp³-hybridized carbons (Fsp3) is 0.300. The van der Waals surface area contributed by atoms with Crippen LogP contribution in [-0.2, 0) is 11.2 Å². The van der Waals surface area contributed by atoms with Crippen LogP contribution in [0.1, 0.15) is 11.1 Å². The van der Waals surface area contributed by atoms with Crippen LogP contribution in [0.4, 0.5) is 0 Å². The molecule has 2 nitrogen and oxygen atoms in total. The zero-order valence-corrected chi connectivity index (χ0v) is 9.10. The van der Waals surface area contributed by atoms with Gasteiger partial charge in [0, 0.05) is 5.02 Å². The van der Waals surface area contributed by atoms with Crippen LogP contribution < -0.4 is 5.11 Å². The molecule has 1 unspecified atom stereocenters. The zero-order chi connectivity index (χ0) is 10.7. The van der Waals surface area contributed by atoms with Gasteiger partial charge in [0.1, 0.15) is 0 Å². The summed E-state index contributed by atoms with van der Waals surface area (Å²) in [5.41, 5.74) is 1.70. The van der Waals surface area contributed by atoms with Crippen LogP contribution in [0.5, 0.6) is 0 Å². The van der Waals surface area contributed by atoms with E-state index in [1.54, 1.807) is 18.2 Å². The van der Waals surface area contributed by atoms with Gasteiger partial charge in [0.25, 0.3) is 0 Å². The number of benzene rings is 1. The van der Waals surface area contributed by atoms with E-state index in [4.69, 9.17) is 23.2 Å². The van der Waals surface area contributed by atoms with E-state index < -0.39 is 11.3 Å². The molecule has 0 aliphatic carbocycles. The molecule has 1 aromatic carbocycles. The van der Waals surface area contributed by atoms with Crippen molar-refractivity contribution in [1.29, 1.82) is 0 Å². The first kappa shape index (κ1) is 11.3. The first-order chi connectivity index (χ1) is 6.52. The minimum Gasteiger partial charge on any atom is -0.549 e. The monoisotopic (exact) mass is 231 g/mol. The molecule has 0 aromatic heterocycles. The van der Waals surface area contributed by atoms with Crippen LogP contribution in [0.15, 0.2) is 18.2 Å². The van der Waals surface area contributed by atoms with E-state index in [1.165, 1.54) is 0 Å². The van der Waals surface area contributed by atoms with Crippen LogP contribution in [0, 0.1) is 6.92 Å². The van der Waals surface area contributed by atoms with Gasteiger partial charge in [-0.2, -0.15) is 0 Å². The summed E-state index contributed by atoms with van der Waals surface area (Å²) in [5.74, 6) is -1.26. The predicted octanol–water partition coefficient (Wildman–Crippen LogP) is 1.55. The Kier molecular flexibility index (Phi) is 3.78. The Morgan fingerprint density at radius 3 is 2.79 bits per heavy atom. The minimum absolute atomic E-state index is 0.232. The molecule has 0 radical (unpaired) electrons. The van der Waals surface area contributed by atoms with E-state index >= 15 is 0 Å². The second-order valence-corrected chi connectivity index (χ2v) is 3.95. The molecular formula is C10H9Cl2O2-. The molecule has 0 aliphatic heterocycles. The molecule has 4 heteroatoms.